The summed E-state index contributed by atoms with van der Waals surface area (Å²) in [5.74, 6) is -0.891. The first kappa shape index (κ1) is 15.0. The van der Waals surface area contributed by atoms with Crippen LogP contribution in [-0.4, -0.2) is 22.0 Å². The molecule has 0 aliphatic heterocycles. The molecule has 7 heteroatoms. The van der Waals surface area contributed by atoms with E-state index in [0.29, 0.717) is 12.1 Å². The molecule has 1 amide bonds. The van der Waals surface area contributed by atoms with E-state index in [1.807, 2.05) is 6.92 Å². The van der Waals surface area contributed by atoms with Crippen molar-refractivity contribution in [2.24, 2.45) is 0 Å². The van der Waals surface area contributed by atoms with E-state index >= 15 is 0 Å². The number of aromatic amines is 1. The van der Waals surface area contributed by atoms with Crippen LogP contribution in [0.25, 0.3) is 11.0 Å². The number of halogens is 1. The fraction of sp³-hybridized carbons (Fsp3) is 0.357. The SMILES string of the molecule is CCCCNC(=O)Cn1c(=O)c(=O)[nH]c2cc(F)ccc21. The Hall–Kier alpha value is -2.44. The number of aromatic nitrogens is 2. The van der Waals surface area contributed by atoms with Crippen molar-refractivity contribution in [2.75, 3.05) is 6.54 Å². The van der Waals surface area contributed by atoms with Crippen molar-refractivity contribution in [2.45, 2.75) is 26.3 Å². The first-order chi connectivity index (χ1) is 10.0. The van der Waals surface area contributed by atoms with E-state index < -0.39 is 16.9 Å². The van der Waals surface area contributed by atoms with Crippen LogP contribution in [0, 0.1) is 5.82 Å². The van der Waals surface area contributed by atoms with E-state index in [2.05, 4.69) is 10.3 Å². The number of nitrogens with zero attached hydrogens (tertiary/aromatic N) is 1. The minimum atomic E-state index is -0.880. The summed E-state index contributed by atoms with van der Waals surface area (Å²) in [6.07, 6.45) is 1.77. The number of hydrogen-bond donors (Lipinski definition) is 2. The lowest BCUT2D eigenvalue weighted by molar-refractivity contribution is -0.121. The van der Waals surface area contributed by atoms with Crippen molar-refractivity contribution in [3.63, 3.8) is 0 Å². The highest BCUT2D eigenvalue weighted by molar-refractivity contribution is 5.79. The maximum Gasteiger partial charge on any atom is 0.317 e. The van der Waals surface area contributed by atoms with Gasteiger partial charge >= 0.3 is 11.1 Å². The molecule has 0 saturated heterocycles. The molecule has 6 nitrogen and oxygen atoms in total. The second kappa shape index (κ2) is 6.34. The molecule has 1 aromatic heterocycles. The van der Waals surface area contributed by atoms with E-state index in [4.69, 9.17) is 0 Å². The molecule has 0 atom stereocenters. The monoisotopic (exact) mass is 293 g/mol. The molecule has 0 aliphatic carbocycles. The molecule has 2 rings (SSSR count). The largest absolute Gasteiger partial charge is 0.355 e. The maximum atomic E-state index is 13.2. The van der Waals surface area contributed by atoms with Gasteiger partial charge < -0.3 is 10.3 Å². The Balaban J connectivity index is 2.38. The molecule has 0 unspecified atom stereocenters. The van der Waals surface area contributed by atoms with E-state index in [1.54, 1.807) is 0 Å². The smallest absolute Gasteiger partial charge is 0.317 e. The number of rotatable bonds is 5. The van der Waals surface area contributed by atoms with Gasteiger partial charge in [-0.1, -0.05) is 13.3 Å². The fourth-order valence-electron chi connectivity index (χ4n) is 2.01. The lowest BCUT2D eigenvalue weighted by atomic mass is 10.3. The summed E-state index contributed by atoms with van der Waals surface area (Å²) in [6.45, 7) is 2.24. The second-order valence-electron chi connectivity index (χ2n) is 4.71. The molecule has 2 N–H and O–H groups in total. The van der Waals surface area contributed by atoms with Gasteiger partial charge in [0.1, 0.15) is 12.4 Å². The van der Waals surface area contributed by atoms with Crippen LogP contribution in [-0.2, 0) is 11.3 Å². The van der Waals surface area contributed by atoms with E-state index in [9.17, 15) is 18.8 Å². The minimum Gasteiger partial charge on any atom is -0.355 e. The Bertz CT molecular complexity index is 779. The molecule has 0 saturated carbocycles. The Labute approximate surface area is 119 Å². The normalized spacial score (nSPS) is 10.8. The van der Waals surface area contributed by atoms with Crippen LogP contribution in [0.4, 0.5) is 4.39 Å². The predicted molar refractivity (Wildman–Crippen MR) is 76.7 cm³/mol. The zero-order valence-electron chi connectivity index (χ0n) is 11.6. The Morgan fingerprint density at radius 3 is 2.86 bits per heavy atom. The number of hydrogen-bond acceptors (Lipinski definition) is 3. The highest BCUT2D eigenvalue weighted by Crippen LogP contribution is 2.10. The topological polar surface area (TPSA) is 84.0 Å². The van der Waals surface area contributed by atoms with Crippen molar-refractivity contribution in [1.82, 2.24) is 14.9 Å². The molecule has 0 spiro atoms. The molecule has 1 aromatic carbocycles. The van der Waals surface area contributed by atoms with Crippen LogP contribution < -0.4 is 16.4 Å². The van der Waals surface area contributed by atoms with Crippen molar-refractivity contribution >= 4 is 16.9 Å². The van der Waals surface area contributed by atoms with E-state index in [0.717, 1.165) is 23.5 Å². The molecule has 1 heterocycles. The molecule has 0 bridgehead atoms. The van der Waals surface area contributed by atoms with Crippen molar-refractivity contribution < 1.29 is 9.18 Å². The van der Waals surface area contributed by atoms with Gasteiger partial charge in [-0.3, -0.25) is 19.0 Å². The number of amides is 1. The van der Waals surface area contributed by atoms with Crippen molar-refractivity contribution in [3.8, 4) is 0 Å². The lowest BCUT2D eigenvalue weighted by Crippen LogP contribution is -2.40. The zero-order valence-corrected chi connectivity index (χ0v) is 11.6. The number of H-pyrrole nitrogens is 1. The molecule has 21 heavy (non-hydrogen) atoms. The number of benzene rings is 1. The molecular formula is C14H16FN3O3. The number of carbonyl (C=O) groups is 1. The Morgan fingerprint density at radius 2 is 2.14 bits per heavy atom. The highest BCUT2D eigenvalue weighted by Gasteiger charge is 2.11. The van der Waals surface area contributed by atoms with Crippen LogP contribution >= 0.6 is 0 Å². The third kappa shape index (κ3) is 3.36. The Kier molecular flexibility index (Phi) is 4.52. The standard InChI is InChI=1S/C14H16FN3O3/c1-2-3-6-16-12(19)8-18-11-5-4-9(15)7-10(11)17-13(20)14(18)21/h4-5,7H,2-3,6,8H2,1H3,(H,16,19)(H,17,20). The van der Waals surface area contributed by atoms with Gasteiger partial charge in [-0.2, -0.15) is 0 Å². The Morgan fingerprint density at radius 1 is 1.38 bits per heavy atom. The third-order valence-electron chi connectivity index (χ3n) is 3.09. The van der Waals surface area contributed by atoms with Gasteiger partial charge in [-0.25, -0.2) is 4.39 Å². The van der Waals surface area contributed by atoms with Gasteiger partial charge in [0.2, 0.25) is 5.91 Å². The fourth-order valence-corrected chi connectivity index (χ4v) is 2.01. The third-order valence-corrected chi connectivity index (χ3v) is 3.09. The molecule has 0 radical (unpaired) electrons. The highest BCUT2D eigenvalue weighted by atomic mass is 19.1. The van der Waals surface area contributed by atoms with Crippen LogP contribution in [0.1, 0.15) is 19.8 Å². The van der Waals surface area contributed by atoms with Gasteiger partial charge in [0, 0.05) is 6.54 Å². The molecule has 0 aliphatic rings. The number of nitrogens with one attached hydrogen (secondary N) is 2. The summed E-state index contributed by atoms with van der Waals surface area (Å²) in [6, 6.07) is 3.65. The average Bonchev–Trinajstić information content (AvgIpc) is 2.44. The zero-order chi connectivity index (χ0) is 15.4. The summed E-state index contributed by atoms with van der Waals surface area (Å²) in [5, 5.41) is 2.67. The van der Waals surface area contributed by atoms with Crippen LogP contribution in [0.2, 0.25) is 0 Å². The summed E-state index contributed by atoms with van der Waals surface area (Å²) in [4.78, 5) is 37.6. The first-order valence-corrected chi connectivity index (χ1v) is 6.72. The number of unbranched alkanes of at least 4 members (excludes halogenated alkanes) is 1. The lowest BCUT2D eigenvalue weighted by Gasteiger charge is -2.10. The summed E-state index contributed by atoms with van der Waals surface area (Å²) in [7, 11) is 0. The number of carbonyl (C=O) groups excluding carboxylic acids is 1. The summed E-state index contributed by atoms with van der Waals surface area (Å²) < 4.78 is 14.2. The van der Waals surface area contributed by atoms with Gasteiger partial charge in [0.05, 0.1) is 11.0 Å². The van der Waals surface area contributed by atoms with Crippen LogP contribution in [0.15, 0.2) is 27.8 Å². The van der Waals surface area contributed by atoms with Gasteiger partial charge in [-0.05, 0) is 24.6 Å². The first-order valence-electron chi connectivity index (χ1n) is 6.72. The van der Waals surface area contributed by atoms with Crippen molar-refractivity contribution in [3.05, 3.63) is 44.7 Å². The molecule has 2 aromatic rings. The predicted octanol–water partition coefficient (Wildman–Crippen LogP) is 0.745. The quantitative estimate of drug-likeness (QED) is 0.630. The summed E-state index contributed by atoms with van der Waals surface area (Å²) >= 11 is 0. The molecular weight excluding hydrogens is 277 g/mol. The van der Waals surface area contributed by atoms with E-state index in [-0.39, 0.29) is 18.0 Å². The molecule has 0 fully saturated rings. The minimum absolute atomic E-state index is 0.181. The van der Waals surface area contributed by atoms with E-state index in [1.165, 1.54) is 12.1 Å². The maximum absolute atomic E-state index is 13.2. The van der Waals surface area contributed by atoms with Gasteiger partial charge in [0.25, 0.3) is 0 Å². The average molecular weight is 293 g/mol. The summed E-state index contributed by atoms with van der Waals surface area (Å²) in [5.41, 5.74) is -1.22. The van der Waals surface area contributed by atoms with Crippen molar-refractivity contribution in [1.29, 1.82) is 0 Å². The van der Waals surface area contributed by atoms with Gasteiger partial charge in [0.15, 0.2) is 0 Å². The van der Waals surface area contributed by atoms with Crippen LogP contribution in [0.5, 0.6) is 0 Å². The van der Waals surface area contributed by atoms with Gasteiger partial charge in [-0.15, -0.1) is 0 Å². The second-order valence-corrected chi connectivity index (χ2v) is 4.71. The number of fused-ring (bicyclic) bond motifs is 1. The van der Waals surface area contributed by atoms with Crippen LogP contribution in [0.3, 0.4) is 0 Å². The molecule has 112 valence electrons.